The van der Waals surface area contributed by atoms with Gasteiger partial charge in [-0.15, -0.1) is 0 Å². The fourth-order valence-electron chi connectivity index (χ4n) is 2.45. The van der Waals surface area contributed by atoms with Crippen LogP contribution >= 0.6 is 0 Å². The average Bonchev–Trinajstić information content (AvgIpc) is 2.29. The molecule has 0 saturated carbocycles. The highest BCUT2D eigenvalue weighted by Crippen LogP contribution is 2.42. The number of aryl methyl sites for hydroxylation is 1. The van der Waals surface area contributed by atoms with Crippen LogP contribution in [-0.4, -0.2) is 19.8 Å². The Bertz CT molecular complexity index is 403. The number of methoxy groups -OCH3 is 1. The largest absolute Gasteiger partial charge is 0.493 e. The summed E-state index contributed by atoms with van der Waals surface area (Å²) >= 11 is 0. The molecule has 2 unspecified atom stereocenters. The second kappa shape index (κ2) is 4.96. The van der Waals surface area contributed by atoms with Gasteiger partial charge in [-0.3, -0.25) is 0 Å². The lowest BCUT2D eigenvalue weighted by atomic mass is 9.95. The highest BCUT2D eigenvalue weighted by atomic mass is 16.5. The number of nitrogens with one attached hydrogen (secondary N) is 1. The Morgan fingerprint density at radius 1 is 1.47 bits per heavy atom. The molecule has 2 rings (SSSR count). The molecular weight excluding hydrogens is 214 g/mol. The lowest BCUT2D eigenvalue weighted by molar-refractivity contribution is 0.160. The van der Waals surface area contributed by atoms with Crippen molar-refractivity contribution < 1.29 is 9.47 Å². The summed E-state index contributed by atoms with van der Waals surface area (Å²) < 4.78 is 11.3. The van der Waals surface area contributed by atoms with E-state index in [1.807, 2.05) is 6.07 Å². The molecule has 0 aliphatic carbocycles. The minimum absolute atomic E-state index is 0.225. The van der Waals surface area contributed by atoms with Crippen LogP contribution in [-0.2, 0) is 0 Å². The SMILES string of the molecule is CCNC1CC(C)Oc2c(OC)cc(C)cc21. The summed E-state index contributed by atoms with van der Waals surface area (Å²) in [6.45, 7) is 7.29. The normalized spacial score (nSPS) is 22.8. The van der Waals surface area contributed by atoms with Gasteiger partial charge in [0.2, 0.25) is 0 Å². The topological polar surface area (TPSA) is 30.5 Å². The lowest BCUT2D eigenvalue weighted by Crippen LogP contribution is -2.31. The Kier molecular flexibility index (Phi) is 3.57. The van der Waals surface area contributed by atoms with Crippen molar-refractivity contribution in [1.29, 1.82) is 0 Å². The van der Waals surface area contributed by atoms with Gasteiger partial charge in [0.05, 0.1) is 13.2 Å². The van der Waals surface area contributed by atoms with E-state index in [0.29, 0.717) is 6.04 Å². The van der Waals surface area contributed by atoms with Crippen molar-refractivity contribution in [2.75, 3.05) is 13.7 Å². The van der Waals surface area contributed by atoms with Crippen LogP contribution < -0.4 is 14.8 Å². The van der Waals surface area contributed by atoms with E-state index < -0.39 is 0 Å². The predicted octanol–water partition coefficient (Wildman–Crippen LogP) is 2.83. The Morgan fingerprint density at radius 3 is 2.88 bits per heavy atom. The molecular formula is C14H21NO2. The molecule has 0 amide bonds. The number of hydrogen-bond acceptors (Lipinski definition) is 3. The first-order valence-corrected chi connectivity index (χ1v) is 6.24. The molecule has 3 nitrogen and oxygen atoms in total. The van der Waals surface area contributed by atoms with Crippen molar-refractivity contribution >= 4 is 0 Å². The Hall–Kier alpha value is -1.22. The molecule has 0 bridgehead atoms. The average molecular weight is 235 g/mol. The summed E-state index contributed by atoms with van der Waals surface area (Å²) in [6.07, 6.45) is 1.23. The van der Waals surface area contributed by atoms with Gasteiger partial charge in [-0.05, 0) is 32.0 Å². The molecule has 1 aliphatic rings. The molecule has 2 atom stereocenters. The highest BCUT2D eigenvalue weighted by molar-refractivity contribution is 5.51. The standard InChI is InChI=1S/C14H21NO2/c1-5-15-12-8-10(3)17-14-11(12)6-9(2)7-13(14)16-4/h6-7,10,12,15H,5,8H2,1-4H3. The van der Waals surface area contributed by atoms with Crippen molar-refractivity contribution in [3.05, 3.63) is 23.3 Å². The summed E-state index contributed by atoms with van der Waals surface area (Å²) in [5.74, 6) is 1.75. The van der Waals surface area contributed by atoms with E-state index in [-0.39, 0.29) is 6.10 Å². The zero-order valence-corrected chi connectivity index (χ0v) is 11.0. The molecule has 0 spiro atoms. The van der Waals surface area contributed by atoms with Gasteiger partial charge in [-0.1, -0.05) is 13.0 Å². The first kappa shape index (κ1) is 12.2. The summed E-state index contributed by atoms with van der Waals surface area (Å²) in [5, 5.41) is 3.51. The van der Waals surface area contributed by atoms with Crippen LogP contribution in [0.1, 0.15) is 37.4 Å². The van der Waals surface area contributed by atoms with Gasteiger partial charge in [0, 0.05) is 18.0 Å². The monoisotopic (exact) mass is 235 g/mol. The van der Waals surface area contributed by atoms with Crippen molar-refractivity contribution in [3.8, 4) is 11.5 Å². The van der Waals surface area contributed by atoms with Crippen LogP contribution in [0.25, 0.3) is 0 Å². The number of benzene rings is 1. The Labute approximate surface area is 103 Å². The van der Waals surface area contributed by atoms with E-state index in [0.717, 1.165) is 24.5 Å². The van der Waals surface area contributed by atoms with Gasteiger partial charge in [0.15, 0.2) is 11.5 Å². The van der Waals surface area contributed by atoms with Crippen LogP contribution in [0, 0.1) is 6.92 Å². The maximum Gasteiger partial charge on any atom is 0.166 e. The van der Waals surface area contributed by atoms with E-state index in [4.69, 9.17) is 9.47 Å². The van der Waals surface area contributed by atoms with E-state index >= 15 is 0 Å². The molecule has 1 aromatic carbocycles. The quantitative estimate of drug-likeness (QED) is 0.874. The lowest BCUT2D eigenvalue weighted by Gasteiger charge is -2.32. The van der Waals surface area contributed by atoms with Crippen molar-refractivity contribution in [1.82, 2.24) is 5.32 Å². The third kappa shape index (κ3) is 2.39. The van der Waals surface area contributed by atoms with Gasteiger partial charge in [0.25, 0.3) is 0 Å². The van der Waals surface area contributed by atoms with E-state index in [1.165, 1.54) is 11.1 Å². The molecule has 94 valence electrons. The summed E-state index contributed by atoms with van der Waals surface area (Å²) in [5.41, 5.74) is 2.43. The number of fused-ring (bicyclic) bond motifs is 1. The van der Waals surface area contributed by atoms with E-state index in [9.17, 15) is 0 Å². The van der Waals surface area contributed by atoms with Crippen LogP contribution in [0.2, 0.25) is 0 Å². The molecule has 1 heterocycles. The maximum absolute atomic E-state index is 5.92. The molecule has 1 aromatic rings. The summed E-state index contributed by atoms with van der Waals surface area (Å²) in [6, 6.07) is 4.59. The van der Waals surface area contributed by atoms with Gasteiger partial charge in [-0.25, -0.2) is 0 Å². The second-order valence-electron chi connectivity index (χ2n) is 4.66. The Morgan fingerprint density at radius 2 is 2.24 bits per heavy atom. The molecule has 0 saturated heterocycles. The van der Waals surface area contributed by atoms with Crippen molar-refractivity contribution in [3.63, 3.8) is 0 Å². The van der Waals surface area contributed by atoms with Crippen LogP contribution in [0.4, 0.5) is 0 Å². The first-order valence-electron chi connectivity index (χ1n) is 6.24. The molecule has 17 heavy (non-hydrogen) atoms. The molecule has 3 heteroatoms. The molecule has 1 aliphatic heterocycles. The molecule has 1 N–H and O–H groups in total. The van der Waals surface area contributed by atoms with Crippen LogP contribution in [0.15, 0.2) is 12.1 Å². The van der Waals surface area contributed by atoms with Gasteiger partial charge in [-0.2, -0.15) is 0 Å². The minimum atomic E-state index is 0.225. The number of ether oxygens (including phenoxy) is 2. The zero-order valence-electron chi connectivity index (χ0n) is 11.0. The maximum atomic E-state index is 5.92. The van der Waals surface area contributed by atoms with E-state index in [1.54, 1.807) is 7.11 Å². The van der Waals surface area contributed by atoms with Crippen LogP contribution in [0.3, 0.4) is 0 Å². The van der Waals surface area contributed by atoms with Gasteiger partial charge < -0.3 is 14.8 Å². The van der Waals surface area contributed by atoms with Gasteiger partial charge in [0.1, 0.15) is 0 Å². The molecule has 0 radical (unpaired) electrons. The first-order chi connectivity index (χ1) is 8.15. The van der Waals surface area contributed by atoms with Crippen molar-refractivity contribution in [2.45, 2.75) is 39.3 Å². The van der Waals surface area contributed by atoms with Crippen molar-refractivity contribution in [2.24, 2.45) is 0 Å². The highest BCUT2D eigenvalue weighted by Gasteiger charge is 2.28. The zero-order chi connectivity index (χ0) is 12.4. The molecule has 0 aromatic heterocycles. The fourth-order valence-corrected chi connectivity index (χ4v) is 2.45. The Balaban J connectivity index is 2.46. The predicted molar refractivity (Wildman–Crippen MR) is 68.9 cm³/mol. The van der Waals surface area contributed by atoms with Crippen LogP contribution in [0.5, 0.6) is 11.5 Å². The molecule has 0 fully saturated rings. The van der Waals surface area contributed by atoms with Gasteiger partial charge >= 0.3 is 0 Å². The summed E-state index contributed by atoms with van der Waals surface area (Å²) in [4.78, 5) is 0. The second-order valence-corrected chi connectivity index (χ2v) is 4.66. The minimum Gasteiger partial charge on any atom is -0.493 e. The summed E-state index contributed by atoms with van der Waals surface area (Å²) in [7, 11) is 1.69. The number of hydrogen-bond donors (Lipinski definition) is 1. The van der Waals surface area contributed by atoms with E-state index in [2.05, 4.69) is 32.2 Å². The smallest absolute Gasteiger partial charge is 0.166 e. The fraction of sp³-hybridized carbons (Fsp3) is 0.571. The number of rotatable bonds is 3. The third-order valence-corrected chi connectivity index (χ3v) is 3.16. The third-order valence-electron chi connectivity index (χ3n) is 3.16.